The smallest absolute Gasteiger partial charge is 0.0327 e. The highest BCUT2D eigenvalue weighted by Crippen LogP contribution is 2.22. The molecule has 2 rings (SSSR count). The molecule has 0 bridgehead atoms. The highest BCUT2D eigenvalue weighted by atomic mass is 79.9. The van der Waals surface area contributed by atoms with E-state index in [9.17, 15) is 0 Å². The molecule has 1 saturated heterocycles. The fourth-order valence-electron chi connectivity index (χ4n) is 2.16. The van der Waals surface area contributed by atoms with Crippen LogP contribution in [0.25, 0.3) is 0 Å². The maximum absolute atomic E-state index is 3.56. The van der Waals surface area contributed by atoms with Crippen LogP contribution in [0.4, 0.5) is 0 Å². The Balaban J connectivity index is 1.69. The van der Waals surface area contributed by atoms with Gasteiger partial charge in [0.15, 0.2) is 0 Å². The van der Waals surface area contributed by atoms with Crippen molar-refractivity contribution in [2.24, 2.45) is 0 Å². The van der Waals surface area contributed by atoms with E-state index in [1.807, 2.05) is 11.3 Å². The van der Waals surface area contributed by atoms with E-state index >= 15 is 0 Å². The third-order valence-corrected chi connectivity index (χ3v) is 5.11. The normalized spacial score (nSPS) is 19.1. The van der Waals surface area contributed by atoms with E-state index in [2.05, 4.69) is 44.5 Å². The monoisotopic (exact) mass is 302 g/mol. The molecule has 90 valence electrons. The van der Waals surface area contributed by atoms with Gasteiger partial charge in [-0.25, -0.2) is 0 Å². The van der Waals surface area contributed by atoms with Crippen LogP contribution >= 0.6 is 27.3 Å². The van der Waals surface area contributed by atoms with E-state index in [4.69, 9.17) is 0 Å². The summed E-state index contributed by atoms with van der Waals surface area (Å²) in [6, 6.07) is 2.78. The van der Waals surface area contributed by atoms with Crippen LogP contribution in [0.1, 0.15) is 24.6 Å². The van der Waals surface area contributed by atoms with Gasteiger partial charge in [0.1, 0.15) is 0 Å². The van der Waals surface area contributed by atoms with Gasteiger partial charge < -0.3 is 5.32 Å². The molecule has 0 aliphatic carbocycles. The number of thiophene rings is 1. The number of nitrogens with one attached hydrogen (secondary N) is 1. The Bertz CT molecular complexity index is 321. The Morgan fingerprint density at radius 3 is 2.88 bits per heavy atom. The summed E-state index contributed by atoms with van der Waals surface area (Å²) < 4.78 is 1.24. The van der Waals surface area contributed by atoms with Gasteiger partial charge in [-0.3, -0.25) is 4.90 Å². The summed E-state index contributed by atoms with van der Waals surface area (Å²) in [7, 11) is 0. The average molecular weight is 303 g/mol. The molecule has 1 atom stereocenters. The number of nitrogens with zero attached hydrogens (tertiary/aromatic N) is 1. The van der Waals surface area contributed by atoms with Crippen molar-refractivity contribution in [2.75, 3.05) is 19.6 Å². The molecule has 1 aromatic heterocycles. The Kier molecular flexibility index (Phi) is 4.82. The van der Waals surface area contributed by atoms with E-state index in [0.717, 1.165) is 13.1 Å². The Labute approximate surface area is 110 Å². The third kappa shape index (κ3) is 3.29. The van der Waals surface area contributed by atoms with Crippen LogP contribution < -0.4 is 5.32 Å². The first-order chi connectivity index (χ1) is 7.77. The first-order valence-corrected chi connectivity index (χ1v) is 7.61. The molecule has 1 aliphatic heterocycles. The molecule has 2 heterocycles. The van der Waals surface area contributed by atoms with Crippen molar-refractivity contribution in [3.8, 4) is 0 Å². The molecule has 0 saturated carbocycles. The van der Waals surface area contributed by atoms with Gasteiger partial charge in [-0.15, -0.1) is 11.3 Å². The van der Waals surface area contributed by atoms with Gasteiger partial charge in [0.25, 0.3) is 0 Å². The Morgan fingerprint density at radius 2 is 2.25 bits per heavy atom. The molecule has 0 amide bonds. The van der Waals surface area contributed by atoms with Crippen molar-refractivity contribution < 1.29 is 0 Å². The van der Waals surface area contributed by atoms with Gasteiger partial charge in [-0.1, -0.05) is 0 Å². The topological polar surface area (TPSA) is 15.3 Å². The van der Waals surface area contributed by atoms with Crippen molar-refractivity contribution in [1.82, 2.24) is 10.2 Å². The zero-order chi connectivity index (χ0) is 11.4. The van der Waals surface area contributed by atoms with Crippen molar-refractivity contribution in [3.63, 3.8) is 0 Å². The van der Waals surface area contributed by atoms with Gasteiger partial charge >= 0.3 is 0 Å². The second kappa shape index (κ2) is 6.15. The molecule has 1 unspecified atom stereocenters. The lowest BCUT2D eigenvalue weighted by molar-refractivity contribution is 0.252. The van der Waals surface area contributed by atoms with E-state index < -0.39 is 0 Å². The van der Waals surface area contributed by atoms with Crippen LogP contribution in [0.15, 0.2) is 15.9 Å². The second-order valence-corrected chi connectivity index (χ2v) is 6.27. The van der Waals surface area contributed by atoms with Crippen molar-refractivity contribution in [2.45, 2.75) is 32.4 Å². The number of hydrogen-bond acceptors (Lipinski definition) is 3. The van der Waals surface area contributed by atoms with Gasteiger partial charge in [-0.2, -0.15) is 0 Å². The number of rotatable bonds is 5. The summed E-state index contributed by atoms with van der Waals surface area (Å²) in [6.45, 7) is 6.96. The largest absolute Gasteiger partial charge is 0.310 e. The lowest BCUT2D eigenvalue weighted by Gasteiger charge is -2.23. The molecule has 0 spiro atoms. The number of halogens is 1. The molecule has 2 nitrogen and oxygen atoms in total. The van der Waals surface area contributed by atoms with Crippen LogP contribution in [0, 0.1) is 0 Å². The van der Waals surface area contributed by atoms with Gasteiger partial charge in [0.2, 0.25) is 0 Å². The lowest BCUT2D eigenvalue weighted by atomic mass is 10.3. The van der Waals surface area contributed by atoms with Crippen LogP contribution in [0.2, 0.25) is 0 Å². The fourth-order valence-corrected chi connectivity index (χ4v) is 3.62. The predicted octanol–water partition coefficient (Wildman–Crippen LogP) is 3.08. The maximum atomic E-state index is 3.56. The van der Waals surface area contributed by atoms with Crippen molar-refractivity contribution >= 4 is 27.3 Å². The quantitative estimate of drug-likeness (QED) is 0.899. The SMILES string of the molecule is CC(CNCc1sccc1Br)N1CCCC1. The Hall–Kier alpha value is 0.1000. The molecule has 1 fully saturated rings. The van der Waals surface area contributed by atoms with Crippen LogP contribution in [0.5, 0.6) is 0 Å². The molecular weight excluding hydrogens is 284 g/mol. The van der Waals surface area contributed by atoms with E-state index in [1.165, 1.54) is 35.3 Å². The average Bonchev–Trinajstić information content (AvgIpc) is 2.90. The van der Waals surface area contributed by atoms with Gasteiger partial charge in [0.05, 0.1) is 0 Å². The van der Waals surface area contributed by atoms with Crippen molar-refractivity contribution in [1.29, 1.82) is 0 Å². The molecular formula is C12H19BrN2S. The molecule has 1 aromatic rings. The molecule has 1 N–H and O–H groups in total. The molecule has 0 radical (unpaired) electrons. The summed E-state index contributed by atoms with van der Waals surface area (Å²) in [5, 5.41) is 5.67. The zero-order valence-corrected chi connectivity index (χ0v) is 12.1. The fraction of sp³-hybridized carbons (Fsp3) is 0.667. The van der Waals surface area contributed by atoms with Crippen LogP contribution in [-0.4, -0.2) is 30.6 Å². The Morgan fingerprint density at radius 1 is 1.50 bits per heavy atom. The molecule has 4 heteroatoms. The highest BCUT2D eigenvalue weighted by Gasteiger charge is 2.17. The van der Waals surface area contributed by atoms with E-state index in [1.54, 1.807) is 0 Å². The lowest BCUT2D eigenvalue weighted by Crippen LogP contribution is -2.38. The predicted molar refractivity (Wildman–Crippen MR) is 74.0 cm³/mol. The standard InChI is InChI=1S/C12H19BrN2S/c1-10(15-5-2-3-6-15)8-14-9-12-11(13)4-7-16-12/h4,7,10,14H,2-3,5-6,8-9H2,1H3. The van der Waals surface area contributed by atoms with Gasteiger partial charge in [0, 0.05) is 28.5 Å². The summed E-state index contributed by atoms with van der Waals surface area (Å²) in [4.78, 5) is 3.98. The molecule has 0 aromatic carbocycles. The van der Waals surface area contributed by atoms with E-state index in [0.29, 0.717) is 6.04 Å². The summed E-state index contributed by atoms with van der Waals surface area (Å²) in [5.41, 5.74) is 0. The maximum Gasteiger partial charge on any atom is 0.0327 e. The van der Waals surface area contributed by atoms with E-state index in [-0.39, 0.29) is 0 Å². The van der Waals surface area contributed by atoms with Crippen LogP contribution in [-0.2, 0) is 6.54 Å². The number of hydrogen-bond donors (Lipinski definition) is 1. The van der Waals surface area contributed by atoms with Gasteiger partial charge in [-0.05, 0) is 60.2 Å². The minimum atomic E-state index is 0.668. The minimum Gasteiger partial charge on any atom is -0.310 e. The first kappa shape index (κ1) is 12.6. The van der Waals surface area contributed by atoms with Crippen molar-refractivity contribution in [3.05, 3.63) is 20.8 Å². The molecule has 1 aliphatic rings. The second-order valence-electron chi connectivity index (χ2n) is 4.41. The zero-order valence-electron chi connectivity index (χ0n) is 9.71. The number of likely N-dealkylation sites (tertiary alicyclic amines) is 1. The summed E-state index contributed by atoms with van der Waals surface area (Å²) in [6.07, 6.45) is 2.75. The minimum absolute atomic E-state index is 0.668. The summed E-state index contributed by atoms with van der Waals surface area (Å²) >= 11 is 5.37. The highest BCUT2D eigenvalue weighted by molar-refractivity contribution is 9.10. The van der Waals surface area contributed by atoms with Crippen LogP contribution in [0.3, 0.4) is 0 Å². The molecule has 16 heavy (non-hydrogen) atoms. The summed E-state index contributed by atoms with van der Waals surface area (Å²) in [5.74, 6) is 0. The third-order valence-electron chi connectivity index (χ3n) is 3.18. The first-order valence-electron chi connectivity index (χ1n) is 5.94.